The zero-order valence-electron chi connectivity index (χ0n) is 12.3. The maximum Gasteiger partial charge on any atom is 0.182 e. The molecule has 3 N–H and O–H groups in total. The summed E-state index contributed by atoms with van der Waals surface area (Å²) in [5.74, 6) is 1.70. The van der Waals surface area contributed by atoms with Crippen LogP contribution in [0.25, 0.3) is 21.4 Å². The van der Waals surface area contributed by atoms with Gasteiger partial charge in [0.05, 0.1) is 6.61 Å². The normalized spacial score (nSPS) is 11.6. The summed E-state index contributed by atoms with van der Waals surface area (Å²) in [5.41, 5.74) is 8.42. The maximum absolute atomic E-state index is 5.83. The predicted octanol–water partition coefficient (Wildman–Crippen LogP) is 1.78. The van der Waals surface area contributed by atoms with Gasteiger partial charge in [-0.3, -0.25) is 0 Å². The standard InChI is InChI=1S/C13H18N6OS/c1-4-20-6-5-7-16-8-10(19(7)3)9-12(18-11(8)15-2)21-13(14)17-9/h4-6H2,1-3H3,(H2,14,17)(H,15,18). The van der Waals surface area contributed by atoms with E-state index in [-0.39, 0.29) is 0 Å². The number of nitrogens with two attached hydrogens (primary N) is 1. The summed E-state index contributed by atoms with van der Waals surface area (Å²) in [6.45, 7) is 3.35. The number of fused-ring (bicyclic) bond motifs is 3. The Labute approximate surface area is 126 Å². The van der Waals surface area contributed by atoms with Crippen molar-refractivity contribution in [3.05, 3.63) is 5.82 Å². The maximum atomic E-state index is 5.83. The van der Waals surface area contributed by atoms with E-state index in [4.69, 9.17) is 15.5 Å². The zero-order valence-corrected chi connectivity index (χ0v) is 13.1. The molecular weight excluding hydrogens is 288 g/mol. The summed E-state index contributed by atoms with van der Waals surface area (Å²) >= 11 is 1.39. The van der Waals surface area contributed by atoms with Crippen LogP contribution in [-0.2, 0) is 18.2 Å². The topological polar surface area (TPSA) is 90.9 Å². The van der Waals surface area contributed by atoms with E-state index in [9.17, 15) is 0 Å². The van der Waals surface area contributed by atoms with Crippen LogP contribution in [0.2, 0.25) is 0 Å². The fraction of sp³-hybridized carbons (Fsp3) is 0.462. The number of rotatable bonds is 5. The molecule has 3 rings (SSSR count). The second kappa shape index (κ2) is 5.45. The molecule has 0 unspecified atom stereocenters. The third-order valence-corrected chi connectivity index (χ3v) is 4.16. The second-order valence-electron chi connectivity index (χ2n) is 4.65. The molecule has 0 aliphatic heterocycles. The van der Waals surface area contributed by atoms with E-state index in [1.165, 1.54) is 11.3 Å². The number of aromatic nitrogens is 4. The van der Waals surface area contributed by atoms with Crippen LogP contribution in [0.1, 0.15) is 12.7 Å². The largest absolute Gasteiger partial charge is 0.381 e. The molecule has 112 valence electrons. The van der Waals surface area contributed by atoms with Gasteiger partial charge in [0.15, 0.2) is 10.9 Å². The van der Waals surface area contributed by atoms with Crippen LogP contribution < -0.4 is 11.1 Å². The summed E-state index contributed by atoms with van der Waals surface area (Å²) in [6.07, 6.45) is 0.753. The smallest absolute Gasteiger partial charge is 0.182 e. The molecule has 7 nitrogen and oxygen atoms in total. The van der Waals surface area contributed by atoms with Crippen molar-refractivity contribution in [1.29, 1.82) is 0 Å². The summed E-state index contributed by atoms with van der Waals surface area (Å²) in [7, 11) is 3.83. The molecule has 0 aliphatic rings. The van der Waals surface area contributed by atoms with Crippen LogP contribution in [0.4, 0.5) is 10.9 Å². The number of nitrogens with zero attached hydrogens (tertiary/aromatic N) is 4. The third kappa shape index (κ3) is 2.30. The average Bonchev–Trinajstić information content (AvgIpc) is 2.98. The molecule has 0 amide bonds. The lowest BCUT2D eigenvalue weighted by molar-refractivity contribution is 0.149. The van der Waals surface area contributed by atoms with Crippen molar-refractivity contribution >= 4 is 43.7 Å². The van der Waals surface area contributed by atoms with E-state index in [1.54, 1.807) is 0 Å². The van der Waals surface area contributed by atoms with Gasteiger partial charge >= 0.3 is 0 Å². The SMILES string of the molecule is CCOCCc1nc2c(NC)nc3sc(N)nc3c2n1C. The van der Waals surface area contributed by atoms with Crippen molar-refractivity contribution in [2.45, 2.75) is 13.3 Å². The lowest BCUT2D eigenvalue weighted by Gasteiger charge is -2.03. The van der Waals surface area contributed by atoms with Crippen LogP contribution in [0.5, 0.6) is 0 Å². The zero-order chi connectivity index (χ0) is 15.0. The first kappa shape index (κ1) is 14.0. The monoisotopic (exact) mass is 306 g/mol. The van der Waals surface area contributed by atoms with E-state index in [0.29, 0.717) is 18.3 Å². The van der Waals surface area contributed by atoms with E-state index < -0.39 is 0 Å². The number of nitrogens with one attached hydrogen (secondary N) is 1. The first-order chi connectivity index (χ1) is 10.2. The fourth-order valence-corrected chi connectivity index (χ4v) is 3.11. The minimum atomic E-state index is 0.518. The van der Waals surface area contributed by atoms with Gasteiger partial charge < -0.3 is 20.4 Å². The third-order valence-electron chi connectivity index (χ3n) is 3.39. The number of nitrogen functional groups attached to an aromatic ring is 1. The molecule has 3 aromatic heterocycles. The highest BCUT2D eigenvalue weighted by Gasteiger charge is 2.18. The summed E-state index contributed by atoms with van der Waals surface area (Å²) in [6, 6.07) is 0. The van der Waals surface area contributed by atoms with E-state index in [0.717, 1.165) is 39.4 Å². The quantitative estimate of drug-likeness (QED) is 0.698. The molecule has 0 saturated heterocycles. The molecule has 0 atom stereocenters. The van der Waals surface area contributed by atoms with Gasteiger partial charge in [-0.2, -0.15) is 0 Å². The Hall–Kier alpha value is -1.93. The van der Waals surface area contributed by atoms with Gasteiger partial charge in [0.2, 0.25) is 0 Å². The minimum absolute atomic E-state index is 0.518. The van der Waals surface area contributed by atoms with E-state index >= 15 is 0 Å². The number of ether oxygens (including phenoxy) is 1. The number of aryl methyl sites for hydroxylation is 1. The molecule has 0 bridgehead atoms. The molecule has 0 aromatic carbocycles. The van der Waals surface area contributed by atoms with Crippen molar-refractivity contribution in [3.8, 4) is 0 Å². The van der Waals surface area contributed by atoms with Crippen molar-refractivity contribution in [2.75, 3.05) is 31.3 Å². The lowest BCUT2D eigenvalue weighted by atomic mass is 10.3. The van der Waals surface area contributed by atoms with Gasteiger partial charge in [-0.15, -0.1) is 0 Å². The number of imidazole rings is 1. The Morgan fingerprint density at radius 3 is 2.81 bits per heavy atom. The van der Waals surface area contributed by atoms with Gasteiger partial charge in [-0.05, 0) is 6.92 Å². The molecule has 3 heterocycles. The molecule has 0 saturated carbocycles. The van der Waals surface area contributed by atoms with Crippen LogP contribution in [0.3, 0.4) is 0 Å². The summed E-state index contributed by atoms with van der Waals surface area (Å²) in [5, 5.41) is 3.62. The van der Waals surface area contributed by atoms with Gasteiger partial charge in [0.1, 0.15) is 27.2 Å². The van der Waals surface area contributed by atoms with E-state index in [2.05, 4.69) is 19.9 Å². The Balaban J connectivity index is 2.21. The highest BCUT2D eigenvalue weighted by atomic mass is 32.1. The average molecular weight is 306 g/mol. The number of pyridine rings is 1. The summed E-state index contributed by atoms with van der Waals surface area (Å²) < 4.78 is 7.47. The highest BCUT2D eigenvalue weighted by molar-refractivity contribution is 7.21. The van der Waals surface area contributed by atoms with Crippen LogP contribution in [-0.4, -0.2) is 39.8 Å². The molecule has 0 fully saturated rings. The number of hydrogen-bond acceptors (Lipinski definition) is 7. The molecule has 8 heteroatoms. The molecule has 21 heavy (non-hydrogen) atoms. The van der Waals surface area contributed by atoms with Crippen molar-refractivity contribution < 1.29 is 4.74 Å². The molecule has 0 aliphatic carbocycles. The van der Waals surface area contributed by atoms with Crippen molar-refractivity contribution in [1.82, 2.24) is 19.5 Å². The molecule has 0 spiro atoms. The Kier molecular flexibility index (Phi) is 3.64. The van der Waals surface area contributed by atoms with Crippen molar-refractivity contribution in [2.24, 2.45) is 7.05 Å². The first-order valence-corrected chi connectivity index (χ1v) is 7.64. The molecular formula is C13H18N6OS. The van der Waals surface area contributed by atoms with Gasteiger partial charge in [-0.25, -0.2) is 15.0 Å². The number of anilines is 2. The second-order valence-corrected chi connectivity index (χ2v) is 5.66. The Morgan fingerprint density at radius 2 is 2.10 bits per heavy atom. The Morgan fingerprint density at radius 1 is 1.29 bits per heavy atom. The molecule has 0 radical (unpaired) electrons. The number of hydrogen-bond donors (Lipinski definition) is 2. The number of thiazole rings is 1. The van der Waals surface area contributed by atoms with Gasteiger partial charge in [-0.1, -0.05) is 11.3 Å². The van der Waals surface area contributed by atoms with Gasteiger partial charge in [0, 0.05) is 27.1 Å². The highest BCUT2D eigenvalue weighted by Crippen LogP contribution is 2.32. The van der Waals surface area contributed by atoms with Gasteiger partial charge in [0.25, 0.3) is 0 Å². The van der Waals surface area contributed by atoms with Crippen molar-refractivity contribution in [3.63, 3.8) is 0 Å². The lowest BCUT2D eigenvalue weighted by Crippen LogP contribution is -2.04. The van der Waals surface area contributed by atoms with Crippen LogP contribution >= 0.6 is 11.3 Å². The first-order valence-electron chi connectivity index (χ1n) is 6.82. The summed E-state index contributed by atoms with van der Waals surface area (Å²) in [4.78, 5) is 14.5. The predicted molar refractivity (Wildman–Crippen MR) is 85.8 cm³/mol. The Bertz CT molecular complexity index is 793. The minimum Gasteiger partial charge on any atom is -0.381 e. The van der Waals surface area contributed by atoms with E-state index in [1.807, 2.05) is 21.0 Å². The van der Waals surface area contributed by atoms with Crippen LogP contribution in [0, 0.1) is 0 Å². The fourth-order valence-electron chi connectivity index (χ4n) is 2.40. The van der Waals surface area contributed by atoms with Crippen LogP contribution in [0.15, 0.2) is 0 Å². The molecule has 3 aromatic rings.